The number of carbonyl (C=O) groups is 3. The number of aromatic nitrogens is 2. The number of carboxylic acid groups (broad SMARTS) is 1. The fraction of sp³-hybridized carbons (Fsp3) is 0.562. The van der Waals surface area contributed by atoms with Crippen molar-refractivity contribution in [2.75, 3.05) is 27.7 Å². The van der Waals surface area contributed by atoms with E-state index < -0.39 is 35.3 Å². The van der Waals surface area contributed by atoms with Crippen molar-refractivity contribution in [3.05, 3.63) is 32.6 Å². The molecule has 0 unspecified atom stereocenters. The van der Waals surface area contributed by atoms with Gasteiger partial charge in [-0.15, -0.1) is 0 Å². The van der Waals surface area contributed by atoms with Gasteiger partial charge in [0.05, 0.1) is 21.1 Å². The minimum absolute atomic E-state index is 0.0964. The number of quaternary nitrogens is 1. The van der Waals surface area contributed by atoms with Gasteiger partial charge in [-0.25, -0.2) is 9.59 Å². The van der Waals surface area contributed by atoms with E-state index in [9.17, 15) is 29.1 Å². The molecule has 0 bridgehead atoms. The highest BCUT2D eigenvalue weighted by Crippen LogP contribution is 1.98. The number of rotatable bonds is 7. The van der Waals surface area contributed by atoms with Gasteiger partial charge < -0.3 is 29.2 Å². The molecule has 152 valence electrons. The molecule has 1 aromatic rings. The third kappa shape index (κ3) is 12.2. The third-order valence-electron chi connectivity index (χ3n) is 2.80. The Labute approximate surface area is 155 Å². The maximum absolute atomic E-state index is 11.3. The number of aromatic amines is 2. The number of carbonyl (C=O) groups excluding carboxylic acids is 3. The molecule has 0 fully saturated rings. The second kappa shape index (κ2) is 11.0. The summed E-state index contributed by atoms with van der Waals surface area (Å²) in [6.07, 6.45) is -0.452. The smallest absolute Gasteiger partial charge is 0.362 e. The molecule has 0 saturated carbocycles. The van der Waals surface area contributed by atoms with Crippen molar-refractivity contribution in [1.82, 2.24) is 9.97 Å². The SMILES string of the molecule is CCCC(=O)OC(=O)c1cc(=O)[nH]c(=O)[nH]1.C[N+](C)(C)C[C@H](O)CC(=O)[O-]. The number of esters is 2. The molecule has 0 saturated heterocycles. The summed E-state index contributed by atoms with van der Waals surface area (Å²) < 4.78 is 4.94. The second-order valence-electron chi connectivity index (χ2n) is 6.72. The van der Waals surface area contributed by atoms with Crippen LogP contribution in [0, 0.1) is 0 Å². The molecule has 0 amide bonds. The minimum Gasteiger partial charge on any atom is -0.550 e. The standard InChI is InChI=1S/C9H10N2O5.C7H15NO3/c1-2-3-7(13)16-8(14)5-4-6(12)11-9(15)10-5;1-8(2,3)5-6(9)4-7(10)11/h4H,2-3H2,1H3,(H2,10,11,12,15);6,9H,4-5H2,1-3H3/t;6-/m.1/s1. The molecule has 0 spiro atoms. The first-order valence-electron chi connectivity index (χ1n) is 8.11. The Hall–Kier alpha value is -2.79. The number of nitrogens with one attached hydrogen (secondary N) is 2. The number of aliphatic hydroxyl groups excluding tert-OH is 1. The molecule has 0 aliphatic rings. The molecular formula is C16H25N3O8. The molecule has 0 aliphatic carbocycles. The summed E-state index contributed by atoms with van der Waals surface area (Å²) in [5, 5.41) is 19.1. The molecule has 1 rings (SSSR count). The van der Waals surface area contributed by atoms with E-state index in [1.807, 2.05) is 26.1 Å². The third-order valence-corrected chi connectivity index (χ3v) is 2.80. The van der Waals surface area contributed by atoms with E-state index in [4.69, 9.17) is 5.11 Å². The van der Waals surface area contributed by atoms with Crippen LogP contribution < -0.4 is 16.4 Å². The van der Waals surface area contributed by atoms with Crippen molar-refractivity contribution in [3.8, 4) is 0 Å². The number of hydrogen-bond acceptors (Lipinski definition) is 8. The number of likely N-dealkylation sites (N-methyl/N-ethyl adjacent to an activating group) is 1. The second-order valence-corrected chi connectivity index (χ2v) is 6.72. The summed E-state index contributed by atoms with van der Waals surface area (Å²) in [5.41, 5.74) is -1.92. The van der Waals surface area contributed by atoms with Gasteiger partial charge in [0.2, 0.25) is 0 Å². The van der Waals surface area contributed by atoms with E-state index in [1.165, 1.54) is 0 Å². The van der Waals surface area contributed by atoms with E-state index in [1.54, 1.807) is 6.92 Å². The van der Waals surface area contributed by atoms with E-state index in [0.29, 0.717) is 17.4 Å². The van der Waals surface area contributed by atoms with Crippen molar-refractivity contribution in [1.29, 1.82) is 0 Å². The fourth-order valence-electron chi connectivity index (χ4n) is 1.88. The quantitative estimate of drug-likeness (QED) is 0.267. The van der Waals surface area contributed by atoms with Crippen LogP contribution in [-0.2, 0) is 14.3 Å². The van der Waals surface area contributed by atoms with E-state index in [-0.39, 0.29) is 18.5 Å². The Morgan fingerprint density at radius 2 is 1.81 bits per heavy atom. The summed E-state index contributed by atoms with van der Waals surface area (Å²) >= 11 is 0. The highest BCUT2D eigenvalue weighted by atomic mass is 16.6. The first kappa shape index (κ1) is 24.2. The first-order valence-corrected chi connectivity index (χ1v) is 8.11. The van der Waals surface area contributed by atoms with Crippen molar-refractivity contribution < 1.29 is 33.8 Å². The molecule has 11 nitrogen and oxygen atoms in total. The van der Waals surface area contributed by atoms with Gasteiger partial charge in [-0.1, -0.05) is 6.92 Å². The number of H-pyrrole nitrogens is 2. The lowest BCUT2D eigenvalue weighted by atomic mass is 10.2. The summed E-state index contributed by atoms with van der Waals surface area (Å²) in [7, 11) is 5.66. The normalized spacial score (nSPS) is 11.7. The lowest BCUT2D eigenvalue weighted by Crippen LogP contribution is -2.43. The molecule has 27 heavy (non-hydrogen) atoms. The lowest BCUT2D eigenvalue weighted by Gasteiger charge is -2.26. The zero-order chi connectivity index (χ0) is 21.2. The first-order chi connectivity index (χ1) is 12.3. The molecule has 0 radical (unpaired) electrons. The molecule has 1 atom stereocenters. The molecule has 3 N–H and O–H groups in total. The average molecular weight is 387 g/mol. The van der Waals surface area contributed by atoms with Crippen LogP contribution in [0.4, 0.5) is 0 Å². The predicted octanol–water partition coefficient (Wildman–Crippen LogP) is -2.26. The molecular weight excluding hydrogens is 362 g/mol. The number of aliphatic carboxylic acids is 1. The number of aliphatic hydroxyl groups is 1. The fourth-order valence-corrected chi connectivity index (χ4v) is 1.88. The van der Waals surface area contributed by atoms with Crippen LogP contribution >= 0.6 is 0 Å². The van der Waals surface area contributed by atoms with Gasteiger partial charge >= 0.3 is 17.6 Å². The molecule has 0 aromatic carbocycles. The zero-order valence-electron chi connectivity index (χ0n) is 15.7. The summed E-state index contributed by atoms with van der Waals surface area (Å²) in [4.78, 5) is 57.9. The van der Waals surface area contributed by atoms with Crippen molar-refractivity contribution >= 4 is 17.9 Å². The number of carboxylic acids is 1. The van der Waals surface area contributed by atoms with Gasteiger partial charge in [-0.2, -0.15) is 0 Å². The van der Waals surface area contributed by atoms with Crippen LogP contribution in [0.3, 0.4) is 0 Å². The van der Waals surface area contributed by atoms with Crippen molar-refractivity contribution in [3.63, 3.8) is 0 Å². The summed E-state index contributed by atoms with van der Waals surface area (Å²) in [5.74, 6) is -2.94. The Kier molecular flexibility index (Phi) is 9.90. The predicted molar refractivity (Wildman–Crippen MR) is 91.5 cm³/mol. The van der Waals surface area contributed by atoms with Crippen LogP contribution in [0.1, 0.15) is 36.7 Å². The number of ether oxygens (including phenoxy) is 1. The van der Waals surface area contributed by atoms with Gasteiger partial charge in [-0.3, -0.25) is 14.6 Å². The van der Waals surface area contributed by atoms with Gasteiger partial charge in [0.1, 0.15) is 18.3 Å². The monoisotopic (exact) mass is 387 g/mol. The van der Waals surface area contributed by atoms with Crippen LogP contribution in [0.15, 0.2) is 15.7 Å². The summed E-state index contributed by atoms with van der Waals surface area (Å²) in [6, 6.07) is 0.850. The highest BCUT2D eigenvalue weighted by Gasteiger charge is 2.15. The van der Waals surface area contributed by atoms with E-state index in [0.717, 1.165) is 6.07 Å². The van der Waals surface area contributed by atoms with E-state index >= 15 is 0 Å². The van der Waals surface area contributed by atoms with Crippen molar-refractivity contribution in [2.24, 2.45) is 0 Å². The molecule has 11 heteroatoms. The minimum atomic E-state index is -1.20. The van der Waals surface area contributed by atoms with Gasteiger partial charge in [0, 0.05) is 24.9 Å². The van der Waals surface area contributed by atoms with Crippen LogP contribution in [0.25, 0.3) is 0 Å². The summed E-state index contributed by atoms with van der Waals surface area (Å²) in [6.45, 7) is 2.18. The number of hydrogen-bond donors (Lipinski definition) is 3. The largest absolute Gasteiger partial charge is 0.550 e. The Morgan fingerprint density at radius 1 is 1.22 bits per heavy atom. The van der Waals surface area contributed by atoms with Crippen LogP contribution in [0.2, 0.25) is 0 Å². The molecule has 1 aromatic heterocycles. The Morgan fingerprint density at radius 3 is 2.26 bits per heavy atom. The Bertz CT molecular complexity index is 732. The van der Waals surface area contributed by atoms with E-state index in [2.05, 4.69) is 9.72 Å². The van der Waals surface area contributed by atoms with Gasteiger partial charge in [-0.05, 0) is 6.42 Å². The topological polar surface area (TPSA) is 169 Å². The van der Waals surface area contributed by atoms with Crippen LogP contribution in [0.5, 0.6) is 0 Å². The average Bonchev–Trinajstić information content (AvgIpc) is 2.43. The maximum Gasteiger partial charge on any atom is 0.362 e. The Balaban J connectivity index is 0.000000541. The van der Waals surface area contributed by atoms with Crippen molar-refractivity contribution in [2.45, 2.75) is 32.3 Å². The van der Waals surface area contributed by atoms with Gasteiger partial charge in [0.15, 0.2) is 0 Å². The molecule has 0 aliphatic heterocycles. The van der Waals surface area contributed by atoms with Crippen LogP contribution in [-0.4, -0.2) is 71.3 Å². The highest BCUT2D eigenvalue weighted by molar-refractivity contribution is 5.95. The maximum atomic E-state index is 11.3. The molecule has 1 heterocycles. The number of nitrogens with zero attached hydrogens (tertiary/aromatic N) is 1. The zero-order valence-corrected chi connectivity index (χ0v) is 15.7. The lowest BCUT2D eigenvalue weighted by molar-refractivity contribution is -0.873. The van der Waals surface area contributed by atoms with Gasteiger partial charge in [0.25, 0.3) is 5.56 Å².